The van der Waals surface area contributed by atoms with Crippen molar-refractivity contribution in [2.75, 3.05) is 13.2 Å². The molecule has 414 valence electrons. The van der Waals surface area contributed by atoms with E-state index < -0.39 is 6.10 Å². The van der Waals surface area contributed by atoms with Crippen molar-refractivity contribution in [1.82, 2.24) is 0 Å². The van der Waals surface area contributed by atoms with Gasteiger partial charge in [-0.1, -0.05) is 245 Å². The summed E-state index contributed by atoms with van der Waals surface area (Å²) in [7, 11) is 0. The lowest BCUT2D eigenvalue weighted by Crippen LogP contribution is -2.30. The number of ether oxygens (including phenoxy) is 3. The number of esters is 3. The average molecular weight is 1010 g/mol. The first kappa shape index (κ1) is 68.8. The minimum absolute atomic E-state index is 0.108. The number of carbonyl (C=O) groups excluding carboxylic acids is 3. The molecular weight excluding hydrogens is 901 g/mol. The summed E-state index contributed by atoms with van der Waals surface area (Å²) in [6.45, 7) is 6.42. The molecule has 0 aliphatic heterocycles. The molecule has 0 radical (unpaired) electrons. The predicted molar refractivity (Wildman–Crippen MR) is 316 cm³/mol. The summed E-state index contributed by atoms with van der Waals surface area (Å²) in [5.74, 6) is -0.986. The van der Waals surface area contributed by atoms with Gasteiger partial charge in [-0.05, 0) is 122 Å². The number of hydrogen-bond acceptors (Lipinski definition) is 6. The Morgan fingerprint density at radius 3 is 0.945 bits per heavy atom. The lowest BCUT2D eigenvalue weighted by Gasteiger charge is -2.18. The number of unbranched alkanes of at least 4 members (excludes halogenated alkanes) is 22. The Labute approximate surface area is 450 Å². The van der Waals surface area contributed by atoms with Crippen molar-refractivity contribution in [1.29, 1.82) is 0 Å². The lowest BCUT2D eigenvalue weighted by atomic mass is 10.1. The Kier molecular flexibility index (Phi) is 56.9. The number of carbonyl (C=O) groups is 3. The minimum Gasteiger partial charge on any atom is -0.462 e. The molecule has 0 fully saturated rings. The molecule has 73 heavy (non-hydrogen) atoms. The maximum absolute atomic E-state index is 12.9. The van der Waals surface area contributed by atoms with Gasteiger partial charge < -0.3 is 14.2 Å². The van der Waals surface area contributed by atoms with E-state index in [0.29, 0.717) is 19.3 Å². The van der Waals surface area contributed by atoms with Crippen LogP contribution in [0.5, 0.6) is 0 Å². The zero-order chi connectivity index (χ0) is 52.9. The summed E-state index contributed by atoms with van der Waals surface area (Å²) in [6.07, 6.45) is 83.4. The lowest BCUT2D eigenvalue weighted by molar-refractivity contribution is -0.167. The van der Waals surface area contributed by atoms with E-state index >= 15 is 0 Å². The van der Waals surface area contributed by atoms with Gasteiger partial charge in [-0.2, -0.15) is 0 Å². The molecular formula is C67H110O6. The molecule has 0 aliphatic carbocycles. The maximum atomic E-state index is 12.9. The van der Waals surface area contributed by atoms with Crippen LogP contribution in [0, 0.1) is 0 Å². The van der Waals surface area contributed by atoms with Crippen molar-refractivity contribution in [2.24, 2.45) is 0 Å². The molecule has 0 aromatic carbocycles. The second kappa shape index (κ2) is 60.4. The Balaban J connectivity index is 4.50. The van der Waals surface area contributed by atoms with E-state index in [1.165, 1.54) is 103 Å². The van der Waals surface area contributed by atoms with Crippen molar-refractivity contribution in [3.05, 3.63) is 122 Å². The molecule has 1 atom stereocenters. The van der Waals surface area contributed by atoms with Gasteiger partial charge in [0.05, 0.1) is 0 Å². The van der Waals surface area contributed by atoms with Gasteiger partial charge in [0.15, 0.2) is 6.10 Å². The van der Waals surface area contributed by atoms with E-state index in [1.54, 1.807) is 0 Å². The van der Waals surface area contributed by atoms with Crippen LogP contribution < -0.4 is 0 Å². The number of hydrogen-bond donors (Lipinski definition) is 0. The van der Waals surface area contributed by atoms with Gasteiger partial charge in [0.25, 0.3) is 0 Å². The van der Waals surface area contributed by atoms with Gasteiger partial charge in [-0.25, -0.2) is 0 Å². The van der Waals surface area contributed by atoms with E-state index in [9.17, 15) is 14.4 Å². The molecule has 0 saturated heterocycles. The molecule has 0 aromatic rings. The van der Waals surface area contributed by atoms with Crippen LogP contribution in [-0.2, 0) is 28.6 Å². The summed E-state index contributed by atoms with van der Waals surface area (Å²) in [6, 6.07) is 0. The summed E-state index contributed by atoms with van der Waals surface area (Å²) in [5.41, 5.74) is 0. The van der Waals surface area contributed by atoms with Crippen LogP contribution in [0.15, 0.2) is 122 Å². The Morgan fingerprint density at radius 2 is 0.562 bits per heavy atom. The molecule has 0 aromatic heterocycles. The van der Waals surface area contributed by atoms with Crippen LogP contribution in [0.2, 0.25) is 0 Å². The largest absolute Gasteiger partial charge is 0.462 e. The molecule has 0 aliphatic rings. The van der Waals surface area contributed by atoms with Crippen LogP contribution >= 0.6 is 0 Å². The molecule has 6 heteroatoms. The third kappa shape index (κ3) is 58.6. The standard InChI is InChI=1S/C67H110O6/c1-4-7-10-13-16-19-22-25-28-30-32-33-34-35-36-38-39-42-45-48-51-54-57-60-66(69)72-63-64(62-71-65(68)59-56-53-50-47-44-41-27-24-21-18-15-12-9-6-3)73-67(70)61-58-55-52-49-46-43-40-37-31-29-26-23-20-17-14-11-8-5-2/h7,10,15-16,18-19,24-25,27-29,31-33,35-36,39,42,48,51,64H,4-6,8-9,11-14,17,20-23,26,30,34,37-38,40-41,43-47,49-50,52-63H2,1-3H3/b10-7-,18-15-,19-16-,27-24-,28-25-,31-29-,33-32-,36-35-,42-39-,51-48-. The molecule has 0 rings (SSSR count). The maximum Gasteiger partial charge on any atom is 0.306 e. The SMILES string of the molecule is CC/C=C\C/C=C\C/C=C\C/C=C\C/C=C\C/C=C\C/C=C\CCCC(=O)OCC(COC(=O)CCCCCCC/C=C\C/C=C\CCCC)OC(=O)CCCCCCCCC/C=C\CCCCCCCCC. The highest BCUT2D eigenvalue weighted by Gasteiger charge is 2.19. The van der Waals surface area contributed by atoms with Crippen molar-refractivity contribution in [3.63, 3.8) is 0 Å². The van der Waals surface area contributed by atoms with E-state index in [2.05, 4.69) is 142 Å². The zero-order valence-corrected chi connectivity index (χ0v) is 47.4. The van der Waals surface area contributed by atoms with Crippen molar-refractivity contribution < 1.29 is 28.6 Å². The van der Waals surface area contributed by atoms with E-state index in [0.717, 1.165) is 116 Å². The third-order valence-electron chi connectivity index (χ3n) is 12.4. The predicted octanol–water partition coefficient (Wildman–Crippen LogP) is 20.4. The number of allylic oxidation sites excluding steroid dienone is 20. The van der Waals surface area contributed by atoms with Crippen molar-refractivity contribution in [3.8, 4) is 0 Å². The molecule has 0 heterocycles. The van der Waals surface area contributed by atoms with Gasteiger partial charge in [0, 0.05) is 19.3 Å². The van der Waals surface area contributed by atoms with E-state index in [4.69, 9.17) is 14.2 Å². The van der Waals surface area contributed by atoms with Crippen LogP contribution in [0.4, 0.5) is 0 Å². The van der Waals surface area contributed by atoms with Gasteiger partial charge in [0.1, 0.15) is 13.2 Å². The highest BCUT2D eigenvalue weighted by atomic mass is 16.6. The normalized spacial score (nSPS) is 13.0. The molecule has 0 N–H and O–H groups in total. The topological polar surface area (TPSA) is 78.9 Å². The Morgan fingerprint density at radius 1 is 0.288 bits per heavy atom. The molecule has 1 unspecified atom stereocenters. The fourth-order valence-electron chi connectivity index (χ4n) is 7.91. The van der Waals surface area contributed by atoms with Crippen molar-refractivity contribution in [2.45, 2.75) is 271 Å². The zero-order valence-electron chi connectivity index (χ0n) is 47.4. The van der Waals surface area contributed by atoms with Crippen LogP contribution in [0.1, 0.15) is 265 Å². The fraction of sp³-hybridized carbons (Fsp3) is 0.657. The van der Waals surface area contributed by atoms with Gasteiger partial charge in [-0.3, -0.25) is 14.4 Å². The fourth-order valence-corrected chi connectivity index (χ4v) is 7.91. The summed E-state index contributed by atoms with van der Waals surface area (Å²) in [5, 5.41) is 0. The number of rotatable bonds is 53. The summed E-state index contributed by atoms with van der Waals surface area (Å²) >= 11 is 0. The smallest absolute Gasteiger partial charge is 0.306 e. The second-order valence-electron chi connectivity index (χ2n) is 19.5. The van der Waals surface area contributed by atoms with Crippen LogP contribution in [0.3, 0.4) is 0 Å². The molecule has 0 spiro atoms. The minimum atomic E-state index is -0.814. The van der Waals surface area contributed by atoms with Crippen molar-refractivity contribution >= 4 is 17.9 Å². The second-order valence-corrected chi connectivity index (χ2v) is 19.5. The summed E-state index contributed by atoms with van der Waals surface area (Å²) < 4.78 is 16.8. The molecule has 0 amide bonds. The van der Waals surface area contributed by atoms with E-state index in [1.807, 2.05) is 0 Å². The first-order valence-corrected chi connectivity index (χ1v) is 30.0. The average Bonchev–Trinajstić information content (AvgIpc) is 3.39. The van der Waals surface area contributed by atoms with Gasteiger partial charge >= 0.3 is 17.9 Å². The van der Waals surface area contributed by atoms with Gasteiger partial charge in [-0.15, -0.1) is 0 Å². The Bertz CT molecular complexity index is 1540. The third-order valence-corrected chi connectivity index (χ3v) is 12.4. The first-order valence-electron chi connectivity index (χ1n) is 30.0. The monoisotopic (exact) mass is 1010 g/mol. The quantitative estimate of drug-likeness (QED) is 0.0261. The van der Waals surface area contributed by atoms with Gasteiger partial charge in [0.2, 0.25) is 0 Å². The highest BCUT2D eigenvalue weighted by Crippen LogP contribution is 2.14. The Hall–Kier alpha value is -4.19. The highest BCUT2D eigenvalue weighted by molar-refractivity contribution is 5.71. The van der Waals surface area contributed by atoms with Crippen LogP contribution in [-0.4, -0.2) is 37.2 Å². The van der Waals surface area contributed by atoms with E-state index in [-0.39, 0.29) is 37.5 Å². The molecule has 6 nitrogen and oxygen atoms in total. The van der Waals surface area contributed by atoms with Crippen LogP contribution in [0.25, 0.3) is 0 Å². The molecule has 0 bridgehead atoms. The molecule has 0 saturated carbocycles. The first-order chi connectivity index (χ1) is 36.0. The summed E-state index contributed by atoms with van der Waals surface area (Å²) in [4.78, 5) is 38.2.